The van der Waals surface area contributed by atoms with Crippen molar-refractivity contribution in [1.29, 1.82) is 0 Å². The summed E-state index contributed by atoms with van der Waals surface area (Å²) in [6, 6.07) is 1.17. The molecule has 1 aromatic heterocycles. The highest BCUT2D eigenvalue weighted by atomic mass is 35.5. The van der Waals surface area contributed by atoms with Gasteiger partial charge in [-0.25, -0.2) is 14.0 Å². The minimum atomic E-state index is -4.86. The molecule has 0 aliphatic carbocycles. The molecule has 148 valence electrons. The first-order valence-electron chi connectivity index (χ1n) is 8.08. The SMILES string of the molecule is C=CCc1c(Cl)c(-n2c(C(F)(F)F)nn(CC)c2=O)cc(Cl)c1OC(C)C. The normalized spacial score (nSPS) is 11.9. The zero-order valence-electron chi connectivity index (χ0n) is 14.9. The standard InChI is InChI=1S/C17H18Cl2F3N3O2/c1-5-7-10-13(19)12(8-11(18)14(10)27-9(3)4)25-15(17(20,21)22)23-24(6-2)16(25)26/h5,8-9H,1,6-7H2,2-4H3. The van der Waals surface area contributed by atoms with Gasteiger partial charge in [0.05, 0.1) is 21.8 Å². The smallest absolute Gasteiger partial charge is 0.452 e. The fourth-order valence-corrected chi connectivity index (χ4v) is 3.08. The molecule has 0 atom stereocenters. The van der Waals surface area contributed by atoms with Gasteiger partial charge >= 0.3 is 11.9 Å². The molecular formula is C17H18Cl2F3N3O2. The lowest BCUT2D eigenvalue weighted by atomic mass is 10.1. The Morgan fingerprint density at radius 2 is 2.00 bits per heavy atom. The Labute approximate surface area is 163 Å². The Hall–Kier alpha value is -1.93. The van der Waals surface area contributed by atoms with Gasteiger partial charge in [-0.3, -0.25) is 0 Å². The Morgan fingerprint density at radius 1 is 1.37 bits per heavy atom. The maximum atomic E-state index is 13.4. The second-order valence-electron chi connectivity index (χ2n) is 5.91. The van der Waals surface area contributed by atoms with E-state index in [1.165, 1.54) is 19.1 Å². The molecule has 0 saturated carbocycles. The van der Waals surface area contributed by atoms with E-state index in [9.17, 15) is 18.0 Å². The van der Waals surface area contributed by atoms with Gasteiger partial charge in [-0.05, 0) is 33.3 Å². The summed E-state index contributed by atoms with van der Waals surface area (Å²) in [5, 5.41) is 3.33. The van der Waals surface area contributed by atoms with Gasteiger partial charge in [-0.2, -0.15) is 13.2 Å². The molecule has 0 aliphatic rings. The number of nitrogens with zero attached hydrogens (tertiary/aromatic N) is 3. The minimum absolute atomic E-state index is 0.0317. The van der Waals surface area contributed by atoms with Gasteiger partial charge in [-0.15, -0.1) is 11.7 Å². The van der Waals surface area contributed by atoms with Gasteiger partial charge in [0.1, 0.15) is 5.75 Å². The predicted molar refractivity (Wildman–Crippen MR) is 98.2 cm³/mol. The summed E-state index contributed by atoms with van der Waals surface area (Å²) >= 11 is 12.6. The van der Waals surface area contributed by atoms with Gasteiger partial charge in [-0.1, -0.05) is 29.3 Å². The predicted octanol–water partition coefficient (Wildman–Crippen LogP) is 4.90. The molecule has 0 aliphatic heterocycles. The zero-order chi connectivity index (χ0) is 20.5. The van der Waals surface area contributed by atoms with Crippen LogP contribution < -0.4 is 10.4 Å². The molecule has 0 fully saturated rings. The van der Waals surface area contributed by atoms with Gasteiger partial charge in [0.15, 0.2) is 0 Å². The van der Waals surface area contributed by atoms with Crippen LogP contribution in [-0.2, 0) is 19.1 Å². The second-order valence-corrected chi connectivity index (χ2v) is 6.70. The Kier molecular flexibility index (Phi) is 6.32. The number of alkyl halides is 3. The van der Waals surface area contributed by atoms with Crippen molar-refractivity contribution in [3.8, 4) is 11.4 Å². The number of hydrogen-bond donors (Lipinski definition) is 0. The molecule has 0 spiro atoms. The summed E-state index contributed by atoms with van der Waals surface area (Å²) in [4.78, 5) is 12.5. The van der Waals surface area contributed by atoms with Crippen LogP contribution in [0.2, 0.25) is 10.0 Å². The molecule has 0 N–H and O–H groups in total. The fourth-order valence-electron chi connectivity index (χ4n) is 2.51. The van der Waals surface area contributed by atoms with Crippen LogP contribution in [0.1, 0.15) is 32.2 Å². The number of rotatable bonds is 6. The maximum Gasteiger partial charge on any atom is 0.452 e. The van der Waals surface area contributed by atoms with Crippen LogP contribution in [0.15, 0.2) is 23.5 Å². The highest BCUT2D eigenvalue weighted by Crippen LogP contribution is 2.40. The van der Waals surface area contributed by atoms with Gasteiger partial charge in [0, 0.05) is 12.1 Å². The van der Waals surface area contributed by atoms with Crippen molar-refractivity contribution in [3.63, 3.8) is 0 Å². The number of aryl methyl sites for hydroxylation is 1. The summed E-state index contributed by atoms with van der Waals surface area (Å²) in [6.45, 7) is 8.64. The van der Waals surface area contributed by atoms with E-state index >= 15 is 0 Å². The zero-order valence-corrected chi connectivity index (χ0v) is 16.4. The highest BCUT2D eigenvalue weighted by molar-refractivity contribution is 6.36. The molecule has 5 nitrogen and oxygen atoms in total. The van der Waals surface area contributed by atoms with Crippen molar-refractivity contribution in [2.75, 3.05) is 0 Å². The average Bonchev–Trinajstić information content (AvgIpc) is 2.90. The van der Waals surface area contributed by atoms with Crippen molar-refractivity contribution >= 4 is 23.2 Å². The molecule has 0 unspecified atom stereocenters. The number of allylic oxidation sites excluding steroid dienone is 1. The average molecular weight is 424 g/mol. The molecule has 0 bridgehead atoms. The first-order chi connectivity index (χ1) is 12.5. The second kappa shape index (κ2) is 7.98. The number of hydrogen-bond acceptors (Lipinski definition) is 3. The third-order valence-corrected chi connectivity index (χ3v) is 4.28. The number of aromatic nitrogens is 3. The topological polar surface area (TPSA) is 49.0 Å². The van der Waals surface area contributed by atoms with Gasteiger partial charge in [0.25, 0.3) is 0 Å². The van der Waals surface area contributed by atoms with E-state index in [-0.39, 0.29) is 40.6 Å². The molecule has 0 radical (unpaired) electrons. The Balaban J connectivity index is 2.87. The summed E-state index contributed by atoms with van der Waals surface area (Å²) in [6.07, 6.45) is -3.41. The lowest BCUT2D eigenvalue weighted by molar-refractivity contribution is -0.146. The monoisotopic (exact) mass is 423 g/mol. The Bertz CT molecular complexity index is 918. The van der Waals surface area contributed by atoms with E-state index in [1.54, 1.807) is 13.8 Å². The largest absolute Gasteiger partial charge is 0.489 e. The highest BCUT2D eigenvalue weighted by Gasteiger charge is 2.40. The molecular weight excluding hydrogens is 406 g/mol. The molecule has 10 heteroatoms. The van der Waals surface area contributed by atoms with E-state index in [4.69, 9.17) is 27.9 Å². The summed E-state index contributed by atoms with van der Waals surface area (Å²) in [7, 11) is 0. The van der Waals surface area contributed by atoms with Gasteiger partial charge in [0.2, 0.25) is 5.82 Å². The number of halogens is 5. The lowest BCUT2D eigenvalue weighted by Crippen LogP contribution is -2.26. The first kappa shape index (κ1) is 21.4. The van der Waals surface area contributed by atoms with Gasteiger partial charge < -0.3 is 4.74 Å². The number of ether oxygens (including phenoxy) is 1. The van der Waals surface area contributed by atoms with Crippen LogP contribution >= 0.6 is 23.2 Å². The minimum Gasteiger partial charge on any atom is -0.489 e. The van der Waals surface area contributed by atoms with E-state index < -0.39 is 17.7 Å². The van der Waals surface area contributed by atoms with Crippen LogP contribution in [0.5, 0.6) is 5.75 Å². The van der Waals surface area contributed by atoms with Crippen LogP contribution in [0.3, 0.4) is 0 Å². The summed E-state index contributed by atoms with van der Waals surface area (Å²) < 4.78 is 47.1. The summed E-state index contributed by atoms with van der Waals surface area (Å²) in [5.41, 5.74) is -0.844. The number of benzene rings is 1. The van der Waals surface area contributed by atoms with E-state index in [2.05, 4.69) is 11.7 Å². The van der Waals surface area contributed by atoms with Crippen molar-refractivity contribution in [2.24, 2.45) is 0 Å². The van der Waals surface area contributed by atoms with Crippen LogP contribution in [-0.4, -0.2) is 20.5 Å². The van der Waals surface area contributed by atoms with Crippen molar-refractivity contribution in [3.05, 3.63) is 50.6 Å². The fraction of sp³-hybridized carbons (Fsp3) is 0.412. The quantitative estimate of drug-likeness (QED) is 0.621. The molecule has 2 aromatic rings. The molecule has 2 rings (SSSR count). The van der Waals surface area contributed by atoms with Crippen molar-refractivity contribution < 1.29 is 17.9 Å². The Morgan fingerprint density at radius 3 is 2.48 bits per heavy atom. The van der Waals surface area contributed by atoms with Crippen LogP contribution in [0.4, 0.5) is 13.2 Å². The summed E-state index contributed by atoms with van der Waals surface area (Å²) in [5.74, 6) is -1.14. The van der Waals surface area contributed by atoms with Crippen molar-refractivity contribution in [2.45, 2.75) is 46.0 Å². The third kappa shape index (κ3) is 4.16. The lowest BCUT2D eigenvalue weighted by Gasteiger charge is -2.19. The third-order valence-electron chi connectivity index (χ3n) is 3.58. The van der Waals surface area contributed by atoms with Crippen LogP contribution in [0, 0.1) is 0 Å². The van der Waals surface area contributed by atoms with E-state index in [0.29, 0.717) is 14.8 Å². The molecule has 1 aromatic carbocycles. The first-order valence-corrected chi connectivity index (χ1v) is 8.84. The molecule has 1 heterocycles. The molecule has 27 heavy (non-hydrogen) atoms. The molecule has 0 amide bonds. The maximum absolute atomic E-state index is 13.4. The van der Waals surface area contributed by atoms with Crippen molar-refractivity contribution in [1.82, 2.24) is 14.3 Å². The van der Waals surface area contributed by atoms with E-state index in [1.807, 2.05) is 0 Å². The van der Waals surface area contributed by atoms with E-state index in [0.717, 1.165) is 0 Å². The van der Waals surface area contributed by atoms with Crippen LogP contribution in [0.25, 0.3) is 5.69 Å². The molecule has 0 saturated heterocycles.